The van der Waals surface area contributed by atoms with Crippen molar-refractivity contribution in [2.45, 2.75) is 12.8 Å². The highest BCUT2D eigenvalue weighted by Crippen LogP contribution is 2.20. The van der Waals surface area contributed by atoms with E-state index >= 15 is 0 Å². The minimum absolute atomic E-state index is 0.0651. The van der Waals surface area contributed by atoms with E-state index in [1.54, 1.807) is 16.8 Å². The van der Waals surface area contributed by atoms with Gasteiger partial charge < -0.3 is 25.2 Å². The van der Waals surface area contributed by atoms with Crippen molar-refractivity contribution in [3.63, 3.8) is 0 Å². The molecule has 0 unspecified atom stereocenters. The molecule has 2 aromatic carbocycles. The molecule has 1 aliphatic rings. The van der Waals surface area contributed by atoms with Crippen LogP contribution in [0.2, 0.25) is 0 Å². The zero-order valence-electron chi connectivity index (χ0n) is 17.4. The molecule has 3 N–H and O–H groups in total. The number of amides is 3. The van der Waals surface area contributed by atoms with Gasteiger partial charge >= 0.3 is 13.1 Å². The van der Waals surface area contributed by atoms with Crippen molar-refractivity contribution in [3.05, 3.63) is 59.7 Å². The van der Waals surface area contributed by atoms with Gasteiger partial charge in [0, 0.05) is 43.5 Å². The molecule has 3 amide bonds. The lowest BCUT2D eigenvalue weighted by molar-refractivity contribution is 0.0748. The van der Waals surface area contributed by atoms with Gasteiger partial charge in [-0.3, -0.25) is 9.59 Å². The third kappa shape index (κ3) is 5.71. The second kappa shape index (κ2) is 10.2. The van der Waals surface area contributed by atoms with Crippen LogP contribution in [0.25, 0.3) is 0 Å². The number of nitrogens with one attached hydrogen (secondary N) is 1. The molecule has 1 aliphatic heterocycles. The number of carbonyl (C=O) groups excluding carboxylic acids is 3. The molecule has 162 valence electrons. The van der Waals surface area contributed by atoms with Gasteiger partial charge in [0.05, 0.1) is 0 Å². The number of para-hydroxylation sites is 1. The highest BCUT2D eigenvalue weighted by molar-refractivity contribution is 6.60. The first-order valence-electron chi connectivity index (χ1n) is 10.2. The van der Waals surface area contributed by atoms with E-state index < -0.39 is 7.12 Å². The number of carbonyl (C=O) groups is 3. The first-order chi connectivity index (χ1) is 14.9. The van der Waals surface area contributed by atoms with E-state index in [4.69, 9.17) is 0 Å². The van der Waals surface area contributed by atoms with Gasteiger partial charge in [-0.25, -0.2) is 4.79 Å². The standard InChI is InChI=1S/C22H26BN3O5/c1-25(21(28)17-7-8-20(23(30)31)18(13-17)15-27)14-16-9-11-26(12-10-16)22(29)24-19-5-3-2-4-6-19/h2-8,13,15-16,30-31H,9-12,14H2,1H3,(H,24,29). The smallest absolute Gasteiger partial charge is 0.423 e. The fraction of sp³-hybridized carbons (Fsp3) is 0.318. The number of anilines is 1. The van der Waals surface area contributed by atoms with E-state index in [0.29, 0.717) is 31.5 Å². The molecule has 0 saturated carbocycles. The molecule has 0 atom stereocenters. The summed E-state index contributed by atoms with van der Waals surface area (Å²) in [4.78, 5) is 39.8. The van der Waals surface area contributed by atoms with E-state index in [-0.39, 0.29) is 28.9 Å². The maximum Gasteiger partial charge on any atom is 0.489 e. The summed E-state index contributed by atoms with van der Waals surface area (Å²) >= 11 is 0. The molecule has 0 aromatic heterocycles. The molecular weight excluding hydrogens is 397 g/mol. The summed E-state index contributed by atoms with van der Waals surface area (Å²) in [5, 5.41) is 21.5. The predicted molar refractivity (Wildman–Crippen MR) is 118 cm³/mol. The second-order valence-electron chi connectivity index (χ2n) is 7.75. The van der Waals surface area contributed by atoms with E-state index in [1.807, 2.05) is 30.3 Å². The van der Waals surface area contributed by atoms with Crippen LogP contribution in [0, 0.1) is 5.92 Å². The van der Waals surface area contributed by atoms with Crippen molar-refractivity contribution >= 4 is 36.5 Å². The van der Waals surface area contributed by atoms with Crippen molar-refractivity contribution in [1.82, 2.24) is 9.80 Å². The minimum Gasteiger partial charge on any atom is -0.423 e. The number of piperidine rings is 1. The summed E-state index contributed by atoms with van der Waals surface area (Å²) in [5.74, 6) is 0.0186. The Labute approximate surface area is 181 Å². The third-order valence-electron chi connectivity index (χ3n) is 5.54. The highest BCUT2D eigenvalue weighted by Gasteiger charge is 2.26. The van der Waals surface area contributed by atoms with Gasteiger partial charge in [0.1, 0.15) is 6.29 Å². The first kappa shape index (κ1) is 22.5. The Morgan fingerprint density at radius 2 is 1.84 bits per heavy atom. The van der Waals surface area contributed by atoms with Crippen LogP contribution >= 0.6 is 0 Å². The summed E-state index contributed by atoms with van der Waals surface area (Å²) in [5.41, 5.74) is 1.21. The lowest BCUT2D eigenvalue weighted by Gasteiger charge is -2.34. The van der Waals surface area contributed by atoms with Gasteiger partial charge in [0.25, 0.3) is 5.91 Å². The molecule has 2 aromatic rings. The Balaban J connectivity index is 1.52. The summed E-state index contributed by atoms with van der Waals surface area (Å²) in [6.45, 7) is 1.77. The molecule has 0 aliphatic carbocycles. The first-order valence-corrected chi connectivity index (χ1v) is 10.2. The highest BCUT2D eigenvalue weighted by atomic mass is 16.4. The topological polar surface area (TPSA) is 110 Å². The summed E-state index contributed by atoms with van der Waals surface area (Å²) in [6, 6.07) is 13.4. The Hall–Kier alpha value is -3.17. The van der Waals surface area contributed by atoms with Gasteiger partial charge in [0.15, 0.2) is 0 Å². The number of urea groups is 1. The Bertz CT molecular complexity index is 930. The lowest BCUT2D eigenvalue weighted by atomic mass is 9.77. The Morgan fingerprint density at radius 1 is 1.16 bits per heavy atom. The molecule has 31 heavy (non-hydrogen) atoms. The quantitative estimate of drug-likeness (QED) is 0.478. The zero-order valence-corrected chi connectivity index (χ0v) is 17.4. The SMILES string of the molecule is CN(CC1CCN(C(=O)Nc2ccccc2)CC1)C(=O)c1ccc(B(O)O)c(C=O)c1. The summed E-state index contributed by atoms with van der Waals surface area (Å²) in [6.07, 6.45) is 2.08. The van der Waals surface area contributed by atoms with Gasteiger partial charge in [-0.2, -0.15) is 0 Å². The lowest BCUT2D eigenvalue weighted by Crippen LogP contribution is -2.43. The number of hydrogen-bond acceptors (Lipinski definition) is 5. The average Bonchev–Trinajstić information content (AvgIpc) is 2.79. The van der Waals surface area contributed by atoms with Crippen LogP contribution in [-0.4, -0.2) is 71.9 Å². The van der Waals surface area contributed by atoms with E-state index in [1.165, 1.54) is 18.2 Å². The van der Waals surface area contributed by atoms with Crippen molar-refractivity contribution in [3.8, 4) is 0 Å². The van der Waals surface area contributed by atoms with Crippen molar-refractivity contribution in [2.75, 3.05) is 32.0 Å². The summed E-state index contributed by atoms with van der Waals surface area (Å²) in [7, 11) is -0.0713. The average molecular weight is 423 g/mol. The van der Waals surface area contributed by atoms with Crippen LogP contribution < -0.4 is 10.8 Å². The number of rotatable bonds is 6. The van der Waals surface area contributed by atoms with Crippen molar-refractivity contribution in [1.29, 1.82) is 0 Å². The fourth-order valence-electron chi connectivity index (χ4n) is 3.78. The van der Waals surface area contributed by atoms with Crippen LogP contribution in [-0.2, 0) is 0 Å². The molecule has 0 spiro atoms. The van der Waals surface area contributed by atoms with Crippen LogP contribution in [0.15, 0.2) is 48.5 Å². The zero-order chi connectivity index (χ0) is 22.4. The largest absolute Gasteiger partial charge is 0.489 e. The maximum atomic E-state index is 12.8. The molecule has 3 rings (SSSR count). The number of aldehydes is 1. The van der Waals surface area contributed by atoms with Gasteiger partial charge in [-0.1, -0.05) is 24.3 Å². The number of likely N-dealkylation sites (tertiary alicyclic amines) is 1. The molecule has 8 nitrogen and oxygen atoms in total. The van der Waals surface area contributed by atoms with Gasteiger partial charge in [-0.15, -0.1) is 0 Å². The van der Waals surface area contributed by atoms with Crippen LogP contribution in [0.5, 0.6) is 0 Å². The normalized spacial score (nSPS) is 14.1. The molecule has 1 saturated heterocycles. The maximum absolute atomic E-state index is 12.8. The van der Waals surface area contributed by atoms with Crippen molar-refractivity contribution < 1.29 is 24.4 Å². The van der Waals surface area contributed by atoms with E-state index in [9.17, 15) is 24.4 Å². The molecule has 1 fully saturated rings. The predicted octanol–water partition coefficient (Wildman–Crippen LogP) is 1.19. The van der Waals surface area contributed by atoms with Gasteiger partial charge in [-0.05, 0) is 48.5 Å². The van der Waals surface area contributed by atoms with Crippen LogP contribution in [0.3, 0.4) is 0 Å². The fourth-order valence-corrected chi connectivity index (χ4v) is 3.78. The second-order valence-corrected chi connectivity index (χ2v) is 7.75. The third-order valence-corrected chi connectivity index (χ3v) is 5.54. The Morgan fingerprint density at radius 3 is 2.45 bits per heavy atom. The molecule has 1 heterocycles. The monoisotopic (exact) mass is 423 g/mol. The minimum atomic E-state index is -1.77. The van der Waals surface area contributed by atoms with E-state index in [2.05, 4.69) is 5.32 Å². The van der Waals surface area contributed by atoms with Crippen LogP contribution in [0.1, 0.15) is 33.6 Å². The van der Waals surface area contributed by atoms with Crippen LogP contribution in [0.4, 0.5) is 10.5 Å². The molecule has 9 heteroatoms. The number of hydrogen-bond donors (Lipinski definition) is 3. The molecule has 0 bridgehead atoms. The molecular formula is C22H26BN3O5. The van der Waals surface area contributed by atoms with E-state index in [0.717, 1.165) is 18.5 Å². The number of nitrogens with zero attached hydrogens (tertiary/aromatic N) is 2. The summed E-state index contributed by atoms with van der Waals surface area (Å²) < 4.78 is 0. The molecule has 0 radical (unpaired) electrons. The number of benzene rings is 2. The Kier molecular flexibility index (Phi) is 7.43. The van der Waals surface area contributed by atoms with Crippen molar-refractivity contribution in [2.24, 2.45) is 5.92 Å². The van der Waals surface area contributed by atoms with Gasteiger partial charge in [0.2, 0.25) is 0 Å².